The third-order valence-corrected chi connectivity index (χ3v) is 1.93. The van der Waals surface area contributed by atoms with Crippen molar-refractivity contribution in [2.24, 2.45) is 5.92 Å². The summed E-state index contributed by atoms with van der Waals surface area (Å²) in [4.78, 5) is 11.4. The molecule has 0 fully saturated rings. The Labute approximate surface area is 95.9 Å². The van der Waals surface area contributed by atoms with E-state index in [0.717, 1.165) is 0 Å². The first-order chi connectivity index (χ1) is 7.30. The third-order valence-electron chi connectivity index (χ3n) is 1.93. The fourth-order valence-corrected chi connectivity index (χ4v) is 1.15. The molecule has 0 aliphatic heterocycles. The van der Waals surface area contributed by atoms with Crippen LogP contribution >= 0.6 is 0 Å². The molecule has 0 amide bonds. The van der Waals surface area contributed by atoms with Crippen LogP contribution in [0, 0.1) is 11.3 Å². The van der Waals surface area contributed by atoms with Gasteiger partial charge in [-0.05, 0) is 33.1 Å². The van der Waals surface area contributed by atoms with Crippen LogP contribution in [0.25, 0.3) is 0 Å². The molecule has 3 N–H and O–H groups in total. The lowest BCUT2D eigenvalue weighted by Gasteiger charge is -2.20. The Morgan fingerprint density at radius 1 is 1.38 bits per heavy atom. The van der Waals surface area contributed by atoms with Crippen LogP contribution in [0.15, 0.2) is 0 Å². The molecule has 0 aliphatic carbocycles. The Hall–Kier alpha value is -0.940. The fourth-order valence-electron chi connectivity index (χ4n) is 1.15. The molecular formula is C11H21NO4. The zero-order valence-electron chi connectivity index (χ0n) is 10.1. The molecular weight excluding hydrogens is 210 g/mol. The minimum atomic E-state index is -0.663. The zero-order valence-corrected chi connectivity index (χ0v) is 10.1. The van der Waals surface area contributed by atoms with Crippen LogP contribution in [0.1, 0.15) is 33.6 Å². The minimum Gasteiger partial charge on any atom is -0.456 e. The van der Waals surface area contributed by atoms with Crippen LogP contribution in [0.5, 0.6) is 0 Å². The molecule has 5 heteroatoms. The summed E-state index contributed by atoms with van der Waals surface area (Å²) in [6, 6.07) is 0. The lowest BCUT2D eigenvalue weighted by atomic mass is 9.99. The summed E-state index contributed by atoms with van der Waals surface area (Å²) < 4.78 is 5.02. The predicted molar refractivity (Wildman–Crippen MR) is 60.5 cm³/mol. The molecule has 1 atom stereocenters. The first kappa shape index (κ1) is 15.1. The first-order valence-corrected chi connectivity index (χ1v) is 5.32. The lowest BCUT2D eigenvalue weighted by Crippen LogP contribution is -2.30. The molecule has 1 unspecified atom stereocenters. The van der Waals surface area contributed by atoms with Crippen LogP contribution in [0.3, 0.4) is 0 Å². The van der Waals surface area contributed by atoms with E-state index < -0.39 is 11.6 Å². The molecule has 0 spiro atoms. The molecule has 0 aromatic rings. The molecule has 0 radical (unpaired) electrons. The second-order valence-electron chi connectivity index (χ2n) is 4.75. The van der Waals surface area contributed by atoms with Crippen molar-refractivity contribution in [1.82, 2.24) is 0 Å². The van der Waals surface area contributed by atoms with Gasteiger partial charge in [0.15, 0.2) is 0 Å². The van der Waals surface area contributed by atoms with Crippen molar-refractivity contribution in [3.63, 3.8) is 0 Å². The third kappa shape index (κ3) is 6.53. The van der Waals surface area contributed by atoms with Crippen LogP contribution < -0.4 is 0 Å². The van der Waals surface area contributed by atoms with Gasteiger partial charge in [-0.2, -0.15) is 0 Å². The molecule has 0 aromatic heterocycles. The highest BCUT2D eigenvalue weighted by atomic mass is 16.6. The van der Waals surface area contributed by atoms with Gasteiger partial charge in [-0.25, -0.2) is 4.79 Å². The van der Waals surface area contributed by atoms with E-state index >= 15 is 0 Å². The highest BCUT2D eigenvalue weighted by molar-refractivity contribution is 6.35. The fraction of sp³-hybridized carbons (Fsp3) is 0.818. The predicted octanol–water partition coefficient (Wildman–Crippen LogP) is 0.729. The Balaban J connectivity index is 4.19. The van der Waals surface area contributed by atoms with Crippen LogP contribution in [-0.4, -0.2) is 40.7 Å². The van der Waals surface area contributed by atoms with Crippen LogP contribution in [0.2, 0.25) is 0 Å². The molecule has 16 heavy (non-hydrogen) atoms. The molecule has 0 saturated carbocycles. The van der Waals surface area contributed by atoms with E-state index in [9.17, 15) is 4.79 Å². The number of aliphatic hydroxyl groups is 2. The van der Waals surface area contributed by atoms with E-state index in [1.807, 2.05) is 0 Å². The smallest absolute Gasteiger partial charge is 0.352 e. The average Bonchev–Trinajstić information content (AvgIpc) is 2.14. The van der Waals surface area contributed by atoms with Gasteiger partial charge in [-0.3, -0.25) is 5.41 Å². The number of rotatable bonds is 6. The molecule has 0 aromatic carbocycles. The highest BCUT2D eigenvalue weighted by Crippen LogP contribution is 2.12. The summed E-state index contributed by atoms with van der Waals surface area (Å²) in [5.74, 6) is -0.922. The number of carbonyl (C=O) groups is 1. The Bertz CT molecular complexity index is 245. The van der Waals surface area contributed by atoms with E-state index in [1.165, 1.54) is 0 Å². The summed E-state index contributed by atoms with van der Waals surface area (Å²) in [5.41, 5.74) is -0.780. The summed E-state index contributed by atoms with van der Waals surface area (Å²) in [7, 11) is 0. The van der Waals surface area contributed by atoms with E-state index in [-0.39, 0.29) is 31.3 Å². The largest absolute Gasteiger partial charge is 0.456 e. The highest BCUT2D eigenvalue weighted by Gasteiger charge is 2.22. The van der Waals surface area contributed by atoms with Crippen molar-refractivity contribution >= 4 is 11.7 Å². The number of ether oxygens (including phenoxy) is 1. The minimum absolute atomic E-state index is 0.0627. The van der Waals surface area contributed by atoms with Crippen molar-refractivity contribution in [3.8, 4) is 0 Å². The second kappa shape index (κ2) is 6.60. The quantitative estimate of drug-likeness (QED) is 0.464. The van der Waals surface area contributed by atoms with Gasteiger partial charge in [-0.15, -0.1) is 0 Å². The summed E-state index contributed by atoms with van der Waals surface area (Å²) in [6.45, 7) is 4.98. The number of hydrogen-bond acceptors (Lipinski definition) is 5. The molecule has 0 rings (SSSR count). The maximum absolute atomic E-state index is 11.4. The van der Waals surface area contributed by atoms with E-state index in [0.29, 0.717) is 6.42 Å². The van der Waals surface area contributed by atoms with Gasteiger partial charge in [0.25, 0.3) is 0 Å². The lowest BCUT2D eigenvalue weighted by molar-refractivity contribution is -0.146. The average molecular weight is 231 g/mol. The number of nitrogens with one attached hydrogen (secondary N) is 1. The molecule has 94 valence electrons. The van der Waals surface area contributed by atoms with Gasteiger partial charge in [0.05, 0.1) is 0 Å². The second-order valence-corrected chi connectivity index (χ2v) is 4.75. The maximum Gasteiger partial charge on any atom is 0.352 e. The van der Waals surface area contributed by atoms with Crippen molar-refractivity contribution in [2.45, 2.75) is 39.2 Å². The van der Waals surface area contributed by atoms with Gasteiger partial charge in [0.1, 0.15) is 11.3 Å². The van der Waals surface area contributed by atoms with Gasteiger partial charge < -0.3 is 14.9 Å². The zero-order chi connectivity index (χ0) is 12.8. The topological polar surface area (TPSA) is 90.6 Å². The van der Waals surface area contributed by atoms with Crippen molar-refractivity contribution in [2.75, 3.05) is 13.2 Å². The molecule has 5 nitrogen and oxygen atoms in total. The van der Waals surface area contributed by atoms with Crippen LogP contribution in [0.4, 0.5) is 0 Å². The monoisotopic (exact) mass is 231 g/mol. The maximum atomic E-state index is 11.4. The van der Waals surface area contributed by atoms with E-state index in [2.05, 4.69) is 0 Å². The van der Waals surface area contributed by atoms with E-state index in [1.54, 1.807) is 20.8 Å². The summed E-state index contributed by atoms with van der Waals surface area (Å²) in [6.07, 6.45) is 0.508. The Morgan fingerprint density at radius 2 is 1.94 bits per heavy atom. The first-order valence-electron chi connectivity index (χ1n) is 5.32. The number of hydrogen-bond donors (Lipinski definition) is 3. The normalized spacial score (nSPS) is 13.3. The number of aliphatic hydroxyl groups excluding tert-OH is 2. The summed E-state index contributed by atoms with van der Waals surface area (Å²) >= 11 is 0. The van der Waals surface area contributed by atoms with Gasteiger partial charge in [-0.1, -0.05) is 0 Å². The molecule has 0 bridgehead atoms. The van der Waals surface area contributed by atoms with Crippen molar-refractivity contribution in [1.29, 1.82) is 5.41 Å². The Morgan fingerprint density at radius 3 is 2.31 bits per heavy atom. The van der Waals surface area contributed by atoms with Gasteiger partial charge in [0, 0.05) is 19.6 Å². The van der Waals surface area contributed by atoms with E-state index in [4.69, 9.17) is 20.4 Å². The molecule has 0 heterocycles. The van der Waals surface area contributed by atoms with Crippen molar-refractivity contribution in [3.05, 3.63) is 0 Å². The number of esters is 1. The van der Waals surface area contributed by atoms with Gasteiger partial charge in [0.2, 0.25) is 0 Å². The standard InChI is InChI=1S/C11H21NO4/c1-11(2,3)16-10(15)9(12)6-8(7-14)4-5-13/h8,12-14H,4-7H2,1-3H3. The SMILES string of the molecule is CC(C)(C)OC(=O)C(=N)CC(CO)CCO. The summed E-state index contributed by atoms with van der Waals surface area (Å²) in [5, 5.41) is 25.2. The molecule has 0 aliphatic rings. The molecule has 0 saturated heterocycles. The van der Waals surface area contributed by atoms with Crippen LogP contribution in [-0.2, 0) is 9.53 Å². The van der Waals surface area contributed by atoms with Gasteiger partial charge >= 0.3 is 5.97 Å². The van der Waals surface area contributed by atoms with Crippen molar-refractivity contribution < 1.29 is 19.7 Å². The number of carbonyl (C=O) groups excluding carboxylic acids is 1. The Kier molecular flexibility index (Phi) is 6.21.